The Labute approximate surface area is 172 Å². The maximum atomic E-state index is 12.6. The highest BCUT2D eigenvalue weighted by Gasteiger charge is 2.26. The van der Waals surface area contributed by atoms with E-state index in [1.54, 1.807) is 12.0 Å². The molecule has 2 N–H and O–H groups in total. The monoisotopic (exact) mass is 403 g/mol. The Morgan fingerprint density at radius 1 is 0.964 bits per heavy atom. The van der Waals surface area contributed by atoms with Crippen molar-refractivity contribution in [2.24, 2.45) is 0 Å². The van der Waals surface area contributed by atoms with Gasteiger partial charge >= 0.3 is 0 Å². The van der Waals surface area contributed by atoms with Crippen LogP contribution in [-0.2, 0) is 17.9 Å². The molecule has 0 radical (unpaired) electrons. The zero-order valence-electron chi connectivity index (χ0n) is 16.7. The summed E-state index contributed by atoms with van der Waals surface area (Å²) in [5, 5.41) is 0.783. The van der Waals surface area contributed by atoms with Crippen molar-refractivity contribution >= 4 is 17.5 Å². The van der Waals surface area contributed by atoms with Crippen LogP contribution in [0.5, 0.6) is 5.75 Å². The van der Waals surface area contributed by atoms with E-state index >= 15 is 0 Å². The first kappa shape index (κ1) is 20.6. The van der Waals surface area contributed by atoms with E-state index in [4.69, 9.17) is 16.3 Å². The number of piperazine rings is 1. The summed E-state index contributed by atoms with van der Waals surface area (Å²) in [6, 6.07) is 16.0. The van der Waals surface area contributed by atoms with Crippen LogP contribution in [-0.4, -0.2) is 57.7 Å². The van der Waals surface area contributed by atoms with Crippen molar-refractivity contribution in [3.05, 3.63) is 64.7 Å². The molecule has 1 aliphatic heterocycles. The predicted octanol–water partition coefficient (Wildman–Crippen LogP) is 0.291. The minimum atomic E-state index is 0.201. The Morgan fingerprint density at radius 2 is 1.54 bits per heavy atom. The maximum absolute atomic E-state index is 12.6. The number of amides is 1. The van der Waals surface area contributed by atoms with Crippen LogP contribution in [0.4, 0.5) is 0 Å². The Hall–Kier alpha value is -2.08. The molecule has 150 valence electrons. The molecule has 6 heteroatoms. The van der Waals surface area contributed by atoms with Crippen molar-refractivity contribution in [1.29, 1.82) is 0 Å². The molecule has 0 atom stereocenters. The van der Waals surface area contributed by atoms with Crippen LogP contribution in [0.25, 0.3) is 0 Å². The predicted molar refractivity (Wildman–Crippen MR) is 111 cm³/mol. The number of rotatable bonds is 7. The third-order valence-corrected chi connectivity index (χ3v) is 5.69. The lowest BCUT2D eigenvalue weighted by atomic mass is 10.2. The molecule has 1 amide bonds. The van der Waals surface area contributed by atoms with Crippen LogP contribution in [0, 0.1) is 0 Å². The van der Waals surface area contributed by atoms with E-state index in [1.807, 2.05) is 48.3 Å². The highest BCUT2D eigenvalue weighted by atomic mass is 35.5. The van der Waals surface area contributed by atoms with Gasteiger partial charge in [0.05, 0.1) is 7.11 Å². The fraction of sp³-hybridized carbons (Fsp3) is 0.409. The van der Waals surface area contributed by atoms with Gasteiger partial charge < -0.3 is 19.4 Å². The first-order valence-electron chi connectivity index (χ1n) is 9.82. The number of likely N-dealkylation sites (N-methyl/N-ethyl adjacent to an activating group) is 1. The number of halogens is 1. The summed E-state index contributed by atoms with van der Waals surface area (Å²) < 4.78 is 5.18. The lowest BCUT2D eigenvalue weighted by Gasteiger charge is -2.30. The van der Waals surface area contributed by atoms with Gasteiger partial charge in [0.25, 0.3) is 5.91 Å². The first-order valence-corrected chi connectivity index (χ1v) is 10.2. The number of nitrogens with one attached hydrogen (secondary N) is 2. The van der Waals surface area contributed by atoms with Crippen molar-refractivity contribution < 1.29 is 19.3 Å². The molecule has 0 aliphatic carbocycles. The molecule has 1 heterocycles. The molecule has 2 aromatic carbocycles. The summed E-state index contributed by atoms with van der Waals surface area (Å²) in [6.07, 6.45) is 0. The molecule has 1 aliphatic rings. The smallest absolute Gasteiger partial charge is 0.277 e. The van der Waals surface area contributed by atoms with Gasteiger partial charge in [-0.05, 0) is 29.8 Å². The minimum Gasteiger partial charge on any atom is -0.497 e. The van der Waals surface area contributed by atoms with Gasteiger partial charge in [0.15, 0.2) is 6.54 Å². The molecule has 0 unspecified atom stereocenters. The minimum absolute atomic E-state index is 0.201. The van der Waals surface area contributed by atoms with Gasteiger partial charge in [0, 0.05) is 24.2 Å². The van der Waals surface area contributed by atoms with Crippen molar-refractivity contribution in [3.8, 4) is 5.75 Å². The van der Waals surface area contributed by atoms with E-state index in [9.17, 15) is 4.79 Å². The molecule has 5 nitrogen and oxygen atoms in total. The summed E-state index contributed by atoms with van der Waals surface area (Å²) in [7, 11) is 3.54. The topological polar surface area (TPSA) is 38.4 Å². The number of benzene rings is 2. The van der Waals surface area contributed by atoms with Gasteiger partial charge in [-0.1, -0.05) is 35.9 Å². The van der Waals surface area contributed by atoms with Crippen molar-refractivity contribution in [3.63, 3.8) is 0 Å². The highest BCUT2D eigenvalue weighted by Crippen LogP contribution is 2.12. The average molecular weight is 404 g/mol. The number of hydrogen-bond donors (Lipinski definition) is 2. The number of nitrogens with zero attached hydrogens (tertiary/aromatic N) is 1. The standard InChI is InChI=1S/C22H28ClN3O2/c1-24(15-18-5-9-21(28-2)10-6-18)22(27)17-26-13-11-25(12-14-26)16-19-3-7-20(23)8-4-19/h3-10H,11-17H2,1-2H3/p+2. The second-order valence-corrected chi connectivity index (χ2v) is 8.01. The number of quaternary nitrogens is 2. The molecule has 0 aromatic heterocycles. The van der Waals surface area contributed by atoms with E-state index < -0.39 is 0 Å². The molecular weight excluding hydrogens is 374 g/mol. The SMILES string of the molecule is COc1ccc(CN(C)C(=O)C[NH+]2CC[NH+](Cc3ccc(Cl)cc3)CC2)cc1. The lowest BCUT2D eigenvalue weighted by molar-refractivity contribution is -1.02. The summed E-state index contributed by atoms with van der Waals surface area (Å²) in [5.74, 6) is 1.04. The lowest BCUT2D eigenvalue weighted by Crippen LogP contribution is -3.28. The molecule has 0 saturated carbocycles. The van der Waals surface area contributed by atoms with Gasteiger partial charge in [-0.25, -0.2) is 0 Å². The van der Waals surface area contributed by atoms with Gasteiger partial charge in [-0.15, -0.1) is 0 Å². The van der Waals surface area contributed by atoms with Gasteiger partial charge in [-0.2, -0.15) is 0 Å². The van der Waals surface area contributed by atoms with E-state index in [0.717, 1.165) is 49.1 Å². The van der Waals surface area contributed by atoms with E-state index in [-0.39, 0.29) is 5.91 Å². The van der Waals surface area contributed by atoms with Crippen LogP contribution in [0.3, 0.4) is 0 Å². The van der Waals surface area contributed by atoms with Crippen molar-refractivity contribution in [2.75, 3.05) is 46.9 Å². The molecule has 28 heavy (non-hydrogen) atoms. The van der Waals surface area contributed by atoms with E-state index in [1.165, 1.54) is 10.5 Å². The fourth-order valence-electron chi connectivity index (χ4n) is 3.64. The molecule has 3 rings (SSSR count). The molecule has 0 spiro atoms. The van der Waals surface area contributed by atoms with Crippen LogP contribution in [0.15, 0.2) is 48.5 Å². The largest absolute Gasteiger partial charge is 0.497 e. The Kier molecular flexibility index (Phi) is 7.31. The van der Waals surface area contributed by atoms with Crippen LogP contribution < -0.4 is 14.5 Å². The number of hydrogen-bond acceptors (Lipinski definition) is 2. The van der Waals surface area contributed by atoms with E-state index in [2.05, 4.69) is 12.1 Å². The first-order chi connectivity index (χ1) is 13.5. The molecular formula is C22H30ClN3O2+2. The van der Waals surface area contributed by atoms with Crippen LogP contribution in [0.1, 0.15) is 11.1 Å². The highest BCUT2D eigenvalue weighted by molar-refractivity contribution is 6.30. The number of carbonyl (C=O) groups excluding carboxylic acids is 1. The van der Waals surface area contributed by atoms with Gasteiger partial charge in [0.1, 0.15) is 38.5 Å². The average Bonchev–Trinajstić information content (AvgIpc) is 2.71. The number of methoxy groups -OCH3 is 1. The van der Waals surface area contributed by atoms with Gasteiger partial charge in [-0.3, -0.25) is 4.79 Å². The molecule has 0 bridgehead atoms. The van der Waals surface area contributed by atoms with Gasteiger partial charge in [0.2, 0.25) is 0 Å². The van der Waals surface area contributed by atoms with Crippen LogP contribution in [0.2, 0.25) is 5.02 Å². The Bertz CT molecular complexity index is 756. The molecule has 2 aromatic rings. The zero-order chi connectivity index (χ0) is 19.9. The van der Waals surface area contributed by atoms with E-state index in [0.29, 0.717) is 13.1 Å². The molecule has 1 saturated heterocycles. The maximum Gasteiger partial charge on any atom is 0.277 e. The fourth-order valence-corrected chi connectivity index (χ4v) is 3.77. The quantitative estimate of drug-likeness (QED) is 0.697. The third-order valence-electron chi connectivity index (χ3n) is 5.44. The van der Waals surface area contributed by atoms with Crippen molar-refractivity contribution in [2.45, 2.75) is 13.1 Å². The zero-order valence-corrected chi connectivity index (χ0v) is 17.5. The second-order valence-electron chi connectivity index (χ2n) is 7.58. The summed E-state index contributed by atoms with van der Waals surface area (Å²) in [5.41, 5.74) is 2.43. The number of carbonyl (C=O) groups is 1. The molecule has 1 fully saturated rings. The summed E-state index contributed by atoms with van der Waals surface area (Å²) in [4.78, 5) is 17.4. The Balaban J connectivity index is 1.41. The van der Waals surface area contributed by atoms with Crippen molar-refractivity contribution in [1.82, 2.24) is 4.90 Å². The third kappa shape index (κ3) is 5.96. The van der Waals surface area contributed by atoms with Crippen LogP contribution >= 0.6 is 11.6 Å². The second kappa shape index (κ2) is 9.92. The Morgan fingerprint density at radius 3 is 2.14 bits per heavy atom. The number of ether oxygens (including phenoxy) is 1. The summed E-state index contributed by atoms with van der Waals surface area (Å²) >= 11 is 5.96. The summed E-state index contributed by atoms with van der Waals surface area (Å²) in [6.45, 7) is 6.47. The normalized spacial score (nSPS) is 19.2.